The van der Waals surface area contributed by atoms with Crippen LogP contribution in [0.25, 0.3) is 0 Å². The second-order valence-corrected chi connectivity index (χ2v) is 5.60. The highest BCUT2D eigenvalue weighted by Crippen LogP contribution is 2.29. The van der Waals surface area contributed by atoms with Crippen LogP contribution in [0.4, 0.5) is 0 Å². The molecule has 20 heavy (non-hydrogen) atoms. The molecule has 2 N–H and O–H groups in total. The maximum atomic E-state index is 11.9. The molecule has 2 rings (SSSR count). The lowest BCUT2D eigenvalue weighted by atomic mass is 9.78. The Morgan fingerprint density at radius 2 is 2.15 bits per heavy atom. The van der Waals surface area contributed by atoms with Crippen molar-refractivity contribution in [2.45, 2.75) is 39.2 Å². The Balaban J connectivity index is 1.76. The first-order chi connectivity index (χ1) is 9.58. The van der Waals surface area contributed by atoms with Gasteiger partial charge >= 0.3 is 0 Å². The van der Waals surface area contributed by atoms with Gasteiger partial charge in [0.2, 0.25) is 5.91 Å². The summed E-state index contributed by atoms with van der Waals surface area (Å²) >= 11 is 0. The molecule has 1 fully saturated rings. The van der Waals surface area contributed by atoms with Crippen LogP contribution in [0.1, 0.15) is 43.7 Å². The van der Waals surface area contributed by atoms with E-state index in [1.165, 1.54) is 12.7 Å². The minimum atomic E-state index is -0.366. The maximum Gasteiger partial charge on any atom is 0.287 e. The van der Waals surface area contributed by atoms with Gasteiger partial charge in [-0.05, 0) is 30.4 Å². The van der Waals surface area contributed by atoms with Crippen LogP contribution in [-0.2, 0) is 4.79 Å². The Hall–Kier alpha value is -1.78. The van der Waals surface area contributed by atoms with Gasteiger partial charge in [-0.15, -0.1) is 0 Å². The number of furan rings is 1. The molecule has 0 radical (unpaired) electrons. The Labute approximate surface area is 119 Å². The number of carbonyl (C=O) groups excluding carboxylic acids is 2. The van der Waals surface area contributed by atoms with E-state index < -0.39 is 0 Å². The molecule has 1 aliphatic carbocycles. The van der Waals surface area contributed by atoms with Crippen molar-refractivity contribution in [2.75, 3.05) is 6.54 Å². The van der Waals surface area contributed by atoms with Crippen molar-refractivity contribution in [1.29, 1.82) is 0 Å². The monoisotopic (exact) mass is 278 g/mol. The lowest BCUT2D eigenvalue weighted by molar-refractivity contribution is -0.121. The summed E-state index contributed by atoms with van der Waals surface area (Å²) in [6.07, 6.45) is 4.82. The summed E-state index contributed by atoms with van der Waals surface area (Å²) in [6, 6.07) is 3.42. The van der Waals surface area contributed by atoms with Crippen molar-refractivity contribution in [3.05, 3.63) is 24.2 Å². The smallest absolute Gasteiger partial charge is 0.287 e. The minimum absolute atomic E-state index is 0.0167. The molecule has 1 saturated carbocycles. The van der Waals surface area contributed by atoms with Gasteiger partial charge in [-0.1, -0.05) is 26.7 Å². The normalized spacial score (nSPS) is 26.0. The molecule has 5 nitrogen and oxygen atoms in total. The van der Waals surface area contributed by atoms with Crippen molar-refractivity contribution < 1.29 is 14.0 Å². The number of rotatable bonds is 4. The van der Waals surface area contributed by atoms with Crippen LogP contribution in [0.15, 0.2) is 22.8 Å². The standard InChI is InChI=1S/C15H22N2O3/c1-10-5-3-6-12(11(10)2)17-14(18)9-16-15(19)13-7-4-8-20-13/h4,7-8,10-12H,3,5-6,9H2,1-2H3,(H,16,19)(H,17,18)/t10-,11+,12+/m0/s1. The third-order valence-corrected chi connectivity index (χ3v) is 4.21. The summed E-state index contributed by atoms with van der Waals surface area (Å²) < 4.78 is 4.96. The second-order valence-electron chi connectivity index (χ2n) is 5.60. The molecule has 0 aliphatic heterocycles. The third kappa shape index (κ3) is 3.62. The number of hydrogen-bond donors (Lipinski definition) is 2. The number of hydrogen-bond acceptors (Lipinski definition) is 3. The molecule has 3 atom stereocenters. The van der Waals surface area contributed by atoms with Crippen molar-refractivity contribution >= 4 is 11.8 Å². The van der Waals surface area contributed by atoms with Gasteiger partial charge < -0.3 is 15.1 Å². The Kier molecular flexibility index (Phi) is 4.82. The van der Waals surface area contributed by atoms with E-state index >= 15 is 0 Å². The van der Waals surface area contributed by atoms with Gasteiger partial charge in [0.1, 0.15) is 0 Å². The van der Waals surface area contributed by atoms with Gasteiger partial charge in [-0.25, -0.2) is 0 Å². The van der Waals surface area contributed by atoms with Crippen molar-refractivity contribution in [3.8, 4) is 0 Å². The zero-order valence-electron chi connectivity index (χ0n) is 12.0. The zero-order valence-corrected chi connectivity index (χ0v) is 12.0. The largest absolute Gasteiger partial charge is 0.459 e. The first-order valence-corrected chi connectivity index (χ1v) is 7.19. The first-order valence-electron chi connectivity index (χ1n) is 7.19. The summed E-state index contributed by atoms with van der Waals surface area (Å²) in [4.78, 5) is 23.5. The molecule has 0 bridgehead atoms. The molecule has 0 unspecified atom stereocenters. The maximum absolute atomic E-state index is 11.9. The van der Waals surface area contributed by atoms with Crippen LogP contribution in [0.3, 0.4) is 0 Å². The van der Waals surface area contributed by atoms with Crippen molar-refractivity contribution in [1.82, 2.24) is 10.6 Å². The molecule has 1 heterocycles. The van der Waals surface area contributed by atoms with Gasteiger partial charge in [0.15, 0.2) is 5.76 Å². The molecule has 110 valence electrons. The summed E-state index contributed by atoms with van der Waals surface area (Å²) in [5.41, 5.74) is 0. The molecular formula is C15H22N2O3. The topological polar surface area (TPSA) is 71.3 Å². The Morgan fingerprint density at radius 3 is 2.85 bits per heavy atom. The fourth-order valence-electron chi connectivity index (χ4n) is 2.70. The zero-order chi connectivity index (χ0) is 14.5. The van der Waals surface area contributed by atoms with Crippen LogP contribution in [0.2, 0.25) is 0 Å². The highest BCUT2D eigenvalue weighted by molar-refractivity contribution is 5.94. The van der Waals surface area contributed by atoms with Crippen LogP contribution < -0.4 is 10.6 Å². The van der Waals surface area contributed by atoms with Gasteiger partial charge in [0, 0.05) is 6.04 Å². The number of amides is 2. The molecule has 5 heteroatoms. The fraction of sp³-hybridized carbons (Fsp3) is 0.600. The van der Waals surface area contributed by atoms with Gasteiger partial charge in [0.05, 0.1) is 12.8 Å². The summed E-state index contributed by atoms with van der Waals surface area (Å²) in [5.74, 6) is 0.823. The SMILES string of the molecule is C[C@@H]1[C@@H](C)CCC[C@H]1NC(=O)CNC(=O)c1ccco1. The van der Waals surface area contributed by atoms with Gasteiger partial charge in [-0.3, -0.25) is 9.59 Å². The van der Waals surface area contributed by atoms with Crippen LogP contribution in [0.5, 0.6) is 0 Å². The second kappa shape index (κ2) is 6.59. The molecule has 1 aliphatic rings. The lowest BCUT2D eigenvalue weighted by Gasteiger charge is -2.34. The average Bonchev–Trinajstić information content (AvgIpc) is 2.95. The van der Waals surface area contributed by atoms with Crippen LogP contribution in [-0.4, -0.2) is 24.4 Å². The van der Waals surface area contributed by atoms with Gasteiger partial charge in [0.25, 0.3) is 5.91 Å². The molecule has 0 spiro atoms. The van der Waals surface area contributed by atoms with Crippen molar-refractivity contribution in [2.24, 2.45) is 11.8 Å². The van der Waals surface area contributed by atoms with Crippen LogP contribution in [0, 0.1) is 11.8 Å². The van der Waals surface area contributed by atoms with E-state index in [4.69, 9.17) is 4.42 Å². The molecule has 0 saturated heterocycles. The van der Waals surface area contributed by atoms with E-state index in [1.54, 1.807) is 12.1 Å². The van der Waals surface area contributed by atoms with Gasteiger partial charge in [-0.2, -0.15) is 0 Å². The minimum Gasteiger partial charge on any atom is -0.459 e. The van der Waals surface area contributed by atoms with E-state index in [0.717, 1.165) is 12.8 Å². The summed E-state index contributed by atoms with van der Waals surface area (Å²) in [5, 5.41) is 5.57. The third-order valence-electron chi connectivity index (χ3n) is 4.21. The lowest BCUT2D eigenvalue weighted by Crippen LogP contribution is -2.47. The fourth-order valence-corrected chi connectivity index (χ4v) is 2.70. The van der Waals surface area contributed by atoms with E-state index in [0.29, 0.717) is 11.8 Å². The molecule has 1 aromatic heterocycles. The highest BCUT2D eigenvalue weighted by atomic mass is 16.3. The van der Waals surface area contributed by atoms with E-state index in [9.17, 15) is 9.59 Å². The van der Waals surface area contributed by atoms with E-state index in [1.807, 2.05) is 0 Å². The molecular weight excluding hydrogens is 256 g/mol. The number of nitrogens with one attached hydrogen (secondary N) is 2. The molecule has 1 aromatic rings. The summed E-state index contributed by atoms with van der Waals surface area (Å²) in [7, 11) is 0. The molecule has 0 aromatic carbocycles. The predicted octanol–water partition coefficient (Wildman–Crippen LogP) is 1.95. The van der Waals surface area contributed by atoms with Crippen molar-refractivity contribution in [3.63, 3.8) is 0 Å². The highest BCUT2D eigenvalue weighted by Gasteiger charge is 2.28. The quantitative estimate of drug-likeness (QED) is 0.884. The average molecular weight is 278 g/mol. The first kappa shape index (κ1) is 14.6. The predicted molar refractivity (Wildman–Crippen MR) is 75.2 cm³/mol. The van der Waals surface area contributed by atoms with E-state index in [-0.39, 0.29) is 30.2 Å². The Morgan fingerprint density at radius 1 is 1.35 bits per heavy atom. The summed E-state index contributed by atoms with van der Waals surface area (Å²) in [6.45, 7) is 4.38. The molecule has 2 amide bonds. The van der Waals surface area contributed by atoms with E-state index in [2.05, 4.69) is 24.5 Å². The van der Waals surface area contributed by atoms with Crippen LogP contribution >= 0.6 is 0 Å². The Bertz CT molecular complexity index is 456. The number of carbonyl (C=O) groups is 2.